The van der Waals surface area contributed by atoms with Gasteiger partial charge in [-0.15, -0.1) is 0 Å². The number of hydrogen-bond acceptors (Lipinski definition) is 5. The fraction of sp³-hybridized carbons (Fsp3) is 0.300. The van der Waals surface area contributed by atoms with Crippen LogP contribution in [-0.2, 0) is 10.0 Å². The second-order valence-corrected chi connectivity index (χ2v) is 8.47. The minimum Gasteiger partial charge on any atom is -0.337 e. The molecule has 2 aromatic heterocycles. The van der Waals surface area contributed by atoms with Gasteiger partial charge in [-0.25, -0.2) is 18.4 Å². The molecule has 0 saturated carbocycles. The zero-order chi connectivity index (χ0) is 20.1. The molecular weight excluding hydrogens is 374 g/mol. The maximum absolute atomic E-state index is 11.6. The van der Waals surface area contributed by atoms with Crippen LogP contribution < -0.4 is 10.0 Å². The van der Waals surface area contributed by atoms with Crippen molar-refractivity contribution in [1.29, 1.82) is 0 Å². The molecule has 0 aliphatic heterocycles. The highest BCUT2D eigenvalue weighted by Crippen LogP contribution is 2.25. The van der Waals surface area contributed by atoms with Crippen molar-refractivity contribution in [2.24, 2.45) is 0 Å². The number of rotatable bonds is 8. The second kappa shape index (κ2) is 8.43. The van der Waals surface area contributed by atoms with Crippen molar-refractivity contribution in [3.63, 3.8) is 0 Å². The van der Waals surface area contributed by atoms with Crippen molar-refractivity contribution in [2.45, 2.75) is 33.1 Å². The summed E-state index contributed by atoms with van der Waals surface area (Å²) in [6, 6.07) is 5.47. The lowest BCUT2D eigenvalue weighted by atomic mass is 10.2. The van der Waals surface area contributed by atoms with Gasteiger partial charge in [0.05, 0.1) is 23.8 Å². The van der Waals surface area contributed by atoms with Gasteiger partial charge in [-0.3, -0.25) is 9.12 Å². The third kappa shape index (κ3) is 4.89. The molecule has 28 heavy (non-hydrogen) atoms. The molecule has 0 aliphatic carbocycles. The van der Waals surface area contributed by atoms with Crippen LogP contribution in [0.4, 0.5) is 17.2 Å². The predicted molar refractivity (Wildman–Crippen MR) is 114 cm³/mol. The van der Waals surface area contributed by atoms with E-state index < -0.39 is 10.0 Å². The van der Waals surface area contributed by atoms with Crippen molar-refractivity contribution < 1.29 is 8.42 Å². The highest BCUT2D eigenvalue weighted by atomic mass is 32.2. The van der Waals surface area contributed by atoms with Gasteiger partial charge in [0.15, 0.2) is 11.5 Å². The number of nitrogens with zero attached hydrogens (tertiary/aromatic N) is 3. The monoisotopic (exact) mass is 399 g/mol. The number of benzene rings is 1. The predicted octanol–water partition coefficient (Wildman–Crippen LogP) is 4.36. The molecule has 0 radical (unpaired) electrons. The number of allylic oxidation sites excluding steroid dienone is 1. The number of sulfonamides is 1. The van der Waals surface area contributed by atoms with E-state index in [9.17, 15) is 8.42 Å². The highest BCUT2D eigenvalue weighted by molar-refractivity contribution is 7.92. The molecule has 8 heteroatoms. The molecule has 0 bridgehead atoms. The Hall–Kier alpha value is -2.87. The Bertz CT molecular complexity index is 1100. The van der Waals surface area contributed by atoms with Crippen LogP contribution in [0.5, 0.6) is 0 Å². The van der Waals surface area contributed by atoms with Crippen molar-refractivity contribution >= 4 is 38.9 Å². The maximum Gasteiger partial charge on any atom is 0.229 e. The summed E-state index contributed by atoms with van der Waals surface area (Å²) >= 11 is 0. The van der Waals surface area contributed by atoms with Crippen LogP contribution in [0.3, 0.4) is 0 Å². The lowest BCUT2D eigenvalue weighted by molar-refractivity contribution is 0.607. The maximum atomic E-state index is 11.6. The number of unbranched alkanes of at least 4 members (excludes halogenated alkanes) is 2. The van der Waals surface area contributed by atoms with Gasteiger partial charge in [0.25, 0.3) is 0 Å². The summed E-state index contributed by atoms with van der Waals surface area (Å²) in [4.78, 5) is 8.93. The molecule has 0 spiro atoms. The van der Waals surface area contributed by atoms with Gasteiger partial charge in [0.1, 0.15) is 0 Å². The quantitative estimate of drug-likeness (QED) is 0.550. The van der Waals surface area contributed by atoms with Crippen molar-refractivity contribution in [1.82, 2.24) is 14.4 Å². The molecule has 0 saturated heterocycles. The van der Waals surface area contributed by atoms with Gasteiger partial charge in [-0.1, -0.05) is 31.9 Å². The van der Waals surface area contributed by atoms with E-state index in [4.69, 9.17) is 0 Å². The van der Waals surface area contributed by atoms with Gasteiger partial charge in [-0.2, -0.15) is 0 Å². The fourth-order valence-electron chi connectivity index (χ4n) is 2.82. The Labute approximate surface area is 165 Å². The zero-order valence-corrected chi connectivity index (χ0v) is 17.1. The summed E-state index contributed by atoms with van der Waals surface area (Å²) in [6.45, 7) is 4.02. The van der Waals surface area contributed by atoms with E-state index in [-0.39, 0.29) is 0 Å². The van der Waals surface area contributed by atoms with E-state index in [1.54, 1.807) is 18.5 Å². The van der Waals surface area contributed by atoms with Crippen LogP contribution >= 0.6 is 0 Å². The van der Waals surface area contributed by atoms with E-state index >= 15 is 0 Å². The molecule has 2 N–H and O–H groups in total. The number of hydrogen-bond donors (Lipinski definition) is 2. The lowest BCUT2D eigenvalue weighted by Crippen LogP contribution is -2.11. The van der Waals surface area contributed by atoms with Crippen LogP contribution in [0.15, 0.2) is 42.9 Å². The third-order valence-corrected chi connectivity index (χ3v) is 4.86. The Morgan fingerprint density at radius 3 is 2.82 bits per heavy atom. The lowest BCUT2D eigenvalue weighted by Gasteiger charge is -2.12. The minimum absolute atomic E-state index is 0.530. The van der Waals surface area contributed by atoms with E-state index in [0.717, 1.165) is 36.0 Å². The molecule has 0 amide bonds. The summed E-state index contributed by atoms with van der Waals surface area (Å²) in [6.07, 6.45) is 14.1. The van der Waals surface area contributed by atoms with Gasteiger partial charge in [-0.05, 0) is 37.1 Å². The molecule has 1 aromatic carbocycles. The first-order valence-corrected chi connectivity index (χ1v) is 11.1. The van der Waals surface area contributed by atoms with Gasteiger partial charge < -0.3 is 5.32 Å². The summed E-state index contributed by atoms with van der Waals surface area (Å²) in [5, 5.41) is 3.24. The van der Waals surface area contributed by atoms with Crippen molar-refractivity contribution in [2.75, 3.05) is 16.3 Å². The van der Waals surface area contributed by atoms with E-state index in [2.05, 4.69) is 39.1 Å². The highest BCUT2D eigenvalue weighted by Gasteiger charge is 2.10. The molecule has 0 fully saturated rings. The molecule has 7 nitrogen and oxygen atoms in total. The average Bonchev–Trinajstić information content (AvgIpc) is 3.12. The van der Waals surface area contributed by atoms with Crippen LogP contribution in [0.2, 0.25) is 0 Å². The molecule has 3 rings (SSSR count). The second-order valence-electron chi connectivity index (χ2n) is 6.73. The SMILES string of the molecule is CCCC/C=C/c1cnc(Nc2ccc(C)c(NS(C)(=O)=O)c2)c2nccn12. The Balaban J connectivity index is 1.88. The van der Waals surface area contributed by atoms with Crippen LogP contribution in [-0.4, -0.2) is 29.0 Å². The standard InChI is InChI=1S/C20H25N5O2S/c1-4-5-6-7-8-17-14-22-19(20-21-11-12-25(17)20)23-16-10-9-15(2)18(13-16)24-28(3,26)27/h7-14,24H,4-6H2,1-3H3,(H,22,23)/b8-7+. The zero-order valence-electron chi connectivity index (χ0n) is 16.3. The van der Waals surface area contributed by atoms with E-state index in [0.29, 0.717) is 17.2 Å². The number of aromatic nitrogens is 3. The summed E-state index contributed by atoms with van der Waals surface area (Å²) in [7, 11) is -3.35. The Kier molecular flexibility index (Phi) is 5.99. The number of nitrogens with one attached hydrogen (secondary N) is 2. The van der Waals surface area contributed by atoms with Gasteiger partial charge in [0, 0.05) is 18.1 Å². The van der Waals surface area contributed by atoms with Crippen LogP contribution in [0.25, 0.3) is 11.7 Å². The van der Waals surface area contributed by atoms with Crippen molar-refractivity contribution in [3.8, 4) is 0 Å². The van der Waals surface area contributed by atoms with E-state index in [1.807, 2.05) is 29.7 Å². The first-order valence-electron chi connectivity index (χ1n) is 9.21. The molecule has 0 aliphatic rings. The first kappa shape index (κ1) is 19.9. The normalized spacial score (nSPS) is 12.0. The summed E-state index contributed by atoms with van der Waals surface area (Å²) < 4.78 is 27.6. The molecule has 148 valence electrons. The van der Waals surface area contributed by atoms with Gasteiger partial charge >= 0.3 is 0 Å². The van der Waals surface area contributed by atoms with E-state index in [1.165, 1.54) is 6.42 Å². The Morgan fingerprint density at radius 1 is 1.25 bits per heavy atom. The summed E-state index contributed by atoms with van der Waals surface area (Å²) in [5.41, 5.74) is 3.75. The fourth-order valence-corrected chi connectivity index (χ4v) is 3.44. The van der Waals surface area contributed by atoms with Crippen LogP contribution in [0.1, 0.15) is 37.4 Å². The third-order valence-electron chi connectivity index (χ3n) is 4.27. The first-order chi connectivity index (χ1) is 13.4. The van der Waals surface area contributed by atoms with Gasteiger partial charge in [0.2, 0.25) is 10.0 Å². The topological polar surface area (TPSA) is 88.4 Å². The van der Waals surface area contributed by atoms with Crippen LogP contribution in [0, 0.1) is 6.92 Å². The smallest absolute Gasteiger partial charge is 0.229 e. The molecule has 2 heterocycles. The number of aryl methyl sites for hydroxylation is 1. The average molecular weight is 400 g/mol. The summed E-state index contributed by atoms with van der Waals surface area (Å²) in [5.74, 6) is 0.602. The minimum atomic E-state index is -3.35. The molecule has 0 unspecified atom stereocenters. The number of fused-ring (bicyclic) bond motifs is 1. The van der Waals surface area contributed by atoms with Crippen molar-refractivity contribution in [3.05, 3.63) is 54.1 Å². The molecular formula is C20H25N5O2S. The largest absolute Gasteiger partial charge is 0.337 e. The molecule has 0 atom stereocenters. The number of anilines is 3. The number of imidazole rings is 1. The molecule has 3 aromatic rings. The Morgan fingerprint density at radius 2 is 2.07 bits per heavy atom.